The Balaban J connectivity index is 2.60. The van der Waals surface area contributed by atoms with E-state index in [-0.39, 0.29) is 5.75 Å². The van der Waals surface area contributed by atoms with Crippen LogP contribution < -0.4 is 4.72 Å². The van der Waals surface area contributed by atoms with Gasteiger partial charge in [0, 0.05) is 5.88 Å². The lowest BCUT2D eigenvalue weighted by Crippen LogP contribution is -2.29. The van der Waals surface area contributed by atoms with Crippen LogP contribution in [-0.4, -0.2) is 25.0 Å². The number of alkyl halides is 1. The third-order valence-corrected chi connectivity index (χ3v) is 3.72. The summed E-state index contributed by atoms with van der Waals surface area (Å²) in [5, 5.41) is 0. The number of nitrogens with one attached hydrogen (secondary N) is 1. The Morgan fingerprint density at radius 2 is 2.31 bits per heavy atom. The molecule has 0 radical (unpaired) electrons. The van der Waals surface area contributed by atoms with Crippen molar-refractivity contribution in [2.75, 3.05) is 11.6 Å². The smallest absolute Gasteiger partial charge is 0.212 e. The predicted molar refractivity (Wildman–Crippen MR) is 61.9 cm³/mol. The molecular formula is C9H15ClN2O3S. The predicted octanol–water partition coefficient (Wildman–Crippen LogP) is 1.59. The van der Waals surface area contributed by atoms with Crippen LogP contribution in [0.3, 0.4) is 0 Å². The van der Waals surface area contributed by atoms with Crippen molar-refractivity contribution in [3.05, 3.63) is 17.8 Å². The zero-order chi connectivity index (χ0) is 12.2. The first-order valence-corrected chi connectivity index (χ1v) is 7.11. The molecule has 5 nitrogen and oxygen atoms in total. The average Bonchev–Trinajstić information content (AvgIpc) is 2.61. The highest BCUT2D eigenvalue weighted by atomic mass is 35.5. The maximum Gasteiger partial charge on any atom is 0.212 e. The molecule has 1 atom stereocenters. The van der Waals surface area contributed by atoms with Gasteiger partial charge in [0.05, 0.1) is 18.0 Å². The van der Waals surface area contributed by atoms with E-state index in [0.29, 0.717) is 24.0 Å². The molecule has 0 spiro atoms. The molecule has 1 aromatic rings. The lowest BCUT2D eigenvalue weighted by atomic mass is 10.4. The molecule has 0 aromatic carbocycles. The SMILES string of the molecule is Cc1cnc(C(C)NS(=O)(=O)CCCCl)o1. The summed E-state index contributed by atoms with van der Waals surface area (Å²) < 4.78 is 30.8. The van der Waals surface area contributed by atoms with E-state index in [2.05, 4.69) is 9.71 Å². The molecule has 0 aliphatic heterocycles. The van der Waals surface area contributed by atoms with E-state index in [0.717, 1.165) is 0 Å². The highest BCUT2D eigenvalue weighted by Gasteiger charge is 2.18. The van der Waals surface area contributed by atoms with Gasteiger partial charge in [0.2, 0.25) is 15.9 Å². The molecule has 1 N–H and O–H groups in total. The molecule has 0 bridgehead atoms. The number of hydrogen-bond donors (Lipinski definition) is 1. The van der Waals surface area contributed by atoms with Crippen molar-refractivity contribution < 1.29 is 12.8 Å². The number of rotatable bonds is 6. The lowest BCUT2D eigenvalue weighted by Gasteiger charge is -2.10. The van der Waals surface area contributed by atoms with Gasteiger partial charge in [-0.15, -0.1) is 11.6 Å². The van der Waals surface area contributed by atoms with Gasteiger partial charge in [-0.1, -0.05) is 0 Å². The summed E-state index contributed by atoms with van der Waals surface area (Å²) >= 11 is 5.44. The van der Waals surface area contributed by atoms with Crippen molar-refractivity contribution in [2.24, 2.45) is 0 Å². The number of aromatic nitrogens is 1. The average molecular weight is 267 g/mol. The van der Waals surface area contributed by atoms with Gasteiger partial charge >= 0.3 is 0 Å². The quantitative estimate of drug-likeness (QED) is 0.794. The van der Waals surface area contributed by atoms with Gasteiger partial charge < -0.3 is 4.42 Å². The zero-order valence-corrected chi connectivity index (χ0v) is 10.8. The minimum Gasteiger partial charge on any atom is -0.444 e. The minimum absolute atomic E-state index is 0.0144. The Bertz CT molecular complexity index is 430. The van der Waals surface area contributed by atoms with Crippen LogP contribution in [0, 0.1) is 6.92 Å². The fraction of sp³-hybridized carbons (Fsp3) is 0.667. The molecule has 0 fully saturated rings. The van der Waals surface area contributed by atoms with Crippen LogP contribution in [0.5, 0.6) is 0 Å². The summed E-state index contributed by atoms with van der Waals surface area (Å²) in [5.74, 6) is 1.36. The Morgan fingerprint density at radius 1 is 1.62 bits per heavy atom. The number of nitrogens with zero attached hydrogens (tertiary/aromatic N) is 1. The van der Waals surface area contributed by atoms with Crippen LogP contribution in [0.4, 0.5) is 0 Å². The second kappa shape index (κ2) is 5.65. The number of halogens is 1. The largest absolute Gasteiger partial charge is 0.444 e. The van der Waals surface area contributed by atoms with Crippen molar-refractivity contribution in [3.8, 4) is 0 Å². The van der Waals surface area contributed by atoms with Gasteiger partial charge in [0.1, 0.15) is 5.76 Å². The summed E-state index contributed by atoms with van der Waals surface area (Å²) in [7, 11) is -3.32. The van der Waals surface area contributed by atoms with E-state index in [1.807, 2.05) is 0 Å². The van der Waals surface area contributed by atoms with Crippen LogP contribution in [0.2, 0.25) is 0 Å². The van der Waals surface area contributed by atoms with E-state index in [1.54, 1.807) is 20.0 Å². The van der Waals surface area contributed by atoms with Gasteiger partial charge in [-0.2, -0.15) is 0 Å². The van der Waals surface area contributed by atoms with Crippen molar-refractivity contribution in [2.45, 2.75) is 26.3 Å². The van der Waals surface area contributed by atoms with Crippen molar-refractivity contribution in [3.63, 3.8) is 0 Å². The van der Waals surface area contributed by atoms with Crippen LogP contribution in [0.25, 0.3) is 0 Å². The highest BCUT2D eigenvalue weighted by molar-refractivity contribution is 7.89. The Labute approximate surface area is 100 Å². The number of hydrogen-bond acceptors (Lipinski definition) is 4. The Kier molecular flexibility index (Phi) is 4.76. The normalized spacial score (nSPS) is 13.9. The molecule has 1 unspecified atom stereocenters. The topological polar surface area (TPSA) is 72.2 Å². The molecular weight excluding hydrogens is 252 g/mol. The van der Waals surface area contributed by atoms with Crippen LogP contribution >= 0.6 is 11.6 Å². The van der Waals surface area contributed by atoms with E-state index in [4.69, 9.17) is 16.0 Å². The molecule has 16 heavy (non-hydrogen) atoms. The molecule has 0 saturated heterocycles. The molecule has 1 aromatic heterocycles. The molecule has 7 heteroatoms. The van der Waals surface area contributed by atoms with Gasteiger partial charge in [0.15, 0.2) is 0 Å². The third kappa shape index (κ3) is 4.11. The summed E-state index contributed by atoms with van der Waals surface area (Å²) in [4.78, 5) is 3.96. The lowest BCUT2D eigenvalue weighted by molar-refractivity contribution is 0.427. The fourth-order valence-electron chi connectivity index (χ4n) is 1.20. The summed E-state index contributed by atoms with van der Waals surface area (Å²) in [6.45, 7) is 3.44. The van der Waals surface area contributed by atoms with E-state index < -0.39 is 16.1 Å². The monoisotopic (exact) mass is 266 g/mol. The Hall–Kier alpha value is -0.590. The van der Waals surface area contributed by atoms with E-state index >= 15 is 0 Å². The molecule has 1 heterocycles. The van der Waals surface area contributed by atoms with Crippen LogP contribution in [0.1, 0.15) is 31.0 Å². The number of oxazole rings is 1. The molecule has 0 aliphatic rings. The first-order chi connectivity index (χ1) is 7.44. The standard InChI is InChI=1S/C9H15ClN2O3S/c1-7-6-11-9(15-7)8(2)12-16(13,14)5-3-4-10/h6,8,12H,3-5H2,1-2H3. The maximum atomic E-state index is 11.5. The minimum atomic E-state index is -3.32. The number of sulfonamides is 1. The first kappa shape index (κ1) is 13.5. The second-order valence-corrected chi connectivity index (χ2v) is 5.76. The zero-order valence-electron chi connectivity index (χ0n) is 9.23. The van der Waals surface area contributed by atoms with E-state index in [1.165, 1.54) is 0 Å². The van der Waals surface area contributed by atoms with Crippen molar-refractivity contribution in [1.29, 1.82) is 0 Å². The highest BCUT2D eigenvalue weighted by Crippen LogP contribution is 2.13. The number of aryl methyl sites for hydroxylation is 1. The molecule has 0 saturated carbocycles. The van der Waals surface area contributed by atoms with Gasteiger partial charge in [-0.05, 0) is 20.3 Å². The molecule has 0 amide bonds. The molecule has 1 rings (SSSR count). The fourth-order valence-corrected chi connectivity index (χ4v) is 2.77. The summed E-state index contributed by atoms with van der Waals surface area (Å²) in [6.07, 6.45) is 1.98. The van der Waals surface area contributed by atoms with Gasteiger partial charge in [-0.25, -0.2) is 18.1 Å². The van der Waals surface area contributed by atoms with Crippen molar-refractivity contribution >= 4 is 21.6 Å². The van der Waals surface area contributed by atoms with Crippen LogP contribution in [0.15, 0.2) is 10.6 Å². The maximum absolute atomic E-state index is 11.5. The van der Waals surface area contributed by atoms with Gasteiger partial charge in [0.25, 0.3) is 0 Å². The van der Waals surface area contributed by atoms with Crippen LogP contribution in [-0.2, 0) is 10.0 Å². The Morgan fingerprint density at radius 3 is 2.81 bits per heavy atom. The molecule has 0 aliphatic carbocycles. The van der Waals surface area contributed by atoms with Gasteiger partial charge in [-0.3, -0.25) is 0 Å². The van der Waals surface area contributed by atoms with E-state index in [9.17, 15) is 8.42 Å². The summed E-state index contributed by atoms with van der Waals surface area (Å²) in [5.41, 5.74) is 0. The summed E-state index contributed by atoms with van der Waals surface area (Å²) in [6, 6.07) is -0.464. The molecule has 92 valence electrons. The first-order valence-electron chi connectivity index (χ1n) is 4.93. The second-order valence-electron chi connectivity index (χ2n) is 3.51. The third-order valence-electron chi connectivity index (χ3n) is 1.91. The van der Waals surface area contributed by atoms with Crippen molar-refractivity contribution in [1.82, 2.24) is 9.71 Å².